The number of rotatable bonds is 4. The molecule has 196 valence electrons. The minimum absolute atomic E-state index is 0.292. The third-order valence-electron chi connectivity index (χ3n) is 8.39. The van der Waals surface area contributed by atoms with Crippen LogP contribution in [0.3, 0.4) is 0 Å². The summed E-state index contributed by atoms with van der Waals surface area (Å²) in [6.45, 7) is 0. The lowest BCUT2D eigenvalue weighted by Crippen LogP contribution is -2.49. The number of Topliss-reactive ketones (excluding diaryl/α,β-unsaturated/α-hetero) is 2. The Morgan fingerprint density at radius 3 is 2.30 bits per heavy atom. The van der Waals surface area contributed by atoms with E-state index in [-0.39, 0.29) is 17.5 Å². The summed E-state index contributed by atoms with van der Waals surface area (Å²) in [6.07, 6.45) is 3.78. The average Bonchev–Trinajstić information content (AvgIpc) is 3.45. The number of nitrogens with one attached hydrogen (secondary N) is 1. The van der Waals surface area contributed by atoms with Gasteiger partial charge in [0.25, 0.3) is 0 Å². The monoisotopic (exact) mass is 564 g/mol. The highest BCUT2D eigenvalue weighted by Crippen LogP contribution is 2.62. The van der Waals surface area contributed by atoms with Crippen LogP contribution in [-0.4, -0.2) is 28.4 Å². The van der Waals surface area contributed by atoms with Gasteiger partial charge in [0.2, 0.25) is 5.91 Å². The smallest absolute Gasteiger partial charge is 0.238 e. The zero-order chi connectivity index (χ0) is 27.6. The Morgan fingerprint density at radius 2 is 1.50 bits per heavy atom. The van der Waals surface area contributed by atoms with Crippen molar-refractivity contribution in [2.24, 2.45) is 5.92 Å². The van der Waals surface area contributed by atoms with Gasteiger partial charge in [-0.3, -0.25) is 14.4 Å². The Morgan fingerprint density at radius 1 is 0.800 bits per heavy atom. The first kappa shape index (κ1) is 24.8. The van der Waals surface area contributed by atoms with E-state index in [0.717, 1.165) is 11.1 Å². The molecular weight excluding hydrogens is 543 g/mol. The number of halogens is 2. The summed E-state index contributed by atoms with van der Waals surface area (Å²) in [5.41, 5.74) is 2.43. The molecule has 7 rings (SSSR count). The second-order valence-corrected chi connectivity index (χ2v) is 11.1. The molecule has 3 heterocycles. The number of nitrogens with zero attached hydrogens (tertiary/aromatic N) is 1. The van der Waals surface area contributed by atoms with E-state index >= 15 is 0 Å². The van der Waals surface area contributed by atoms with Crippen LogP contribution in [0.5, 0.6) is 0 Å². The highest BCUT2D eigenvalue weighted by Gasteiger charge is 2.70. The zero-order valence-electron chi connectivity index (χ0n) is 21.1. The molecule has 4 aromatic carbocycles. The van der Waals surface area contributed by atoms with E-state index in [1.807, 2.05) is 65.7 Å². The van der Waals surface area contributed by atoms with Crippen molar-refractivity contribution >= 4 is 52.4 Å². The van der Waals surface area contributed by atoms with Crippen LogP contribution < -0.4 is 5.32 Å². The minimum Gasteiger partial charge on any atom is -0.358 e. The lowest BCUT2D eigenvalue weighted by atomic mass is 9.62. The molecule has 1 N–H and O–H groups in total. The predicted molar refractivity (Wildman–Crippen MR) is 156 cm³/mol. The van der Waals surface area contributed by atoms with Gasteiger partial charge in [-0.15, -0.1) is 0 Å². The summed E-state index contributed by atoms with van der Waals surface area (Å²) in [4.78, 5) is 45.5. The summed E-state index contributed by atoms with van der Waals surface area (Å²) >= 11 is 12.7. The van der Waals surface area contributed by atoms with E-state index in [9.17, 15) is 14.4 Å². The van der Waals surface area contributed by atoms with Gasteiger partial charge < -0.3 is 10.2 Å². The quantitative estimate of drug-likeness (QED) is 0.272. The third-order valence-corrected chi connectivity index (χ3v) is 8.97. The highest BCUT2D eigenvalue weighted by molar-refractivity contribution is 6.34. The largest absolute Gasteiger partial charge is 0.358 e. The summed E-state index contributed by atoms with van der Waals surface area (Å²) < 4.78 is 0. The Hall–Kier alpha value is -4.19. The summed E-state index contributed by atoms with van der Waals surface area (Å²) in [5, 5.41) is 3.83. The van der Waals surface area contributed by atoms with Crippen LogP contribution in [-0.2, 0) is 10.2 Å². The van der Waals surface area contributed by atoms with E-state index in [1.165, 1.54) is 0 Å². The van der Waals surface area contributed by atoms with Crippen molar-refractivity contribution in [2.75, 3.05) is 5.32 Å². The number of ketones is 2. The standard InChI is InChI=1S/C33H22Cl2N2O3/c34-21-15-13-20(14-16-21)29(38)27-28(30(39)23-9-3-5-11-25(23)35)37-18-17-19-7-1-2-8-22(19)31(37)33(27)24-10-4-6-12-26(24)36-32(33)40/h1-18,27-28,31H,(H,36,40)/t27-,28+,31-,33+/m1/s1. The van der Waals surface area contributed by atoms with Crippen molar-refractivity contribution < 1.29 is 14.4 Å². The highest BCUT2D eigenvalue weighted by atomic mass is 35.5. The number of carbonyl (C=O) groups is 3. The first-order valence-electron chi connectivity index (χ1n) is 13.0. The molecule has 3 aliphatic rings. The van der Waals surface area contributed by atoms with Crippen molar-refractivity contribution in [3.63, 3.8) is 0 Å². The molecule has 1 spiro atoms. The van der Waals surface area contributed by atoms with Crippen molar-refractivity contribution in [1.29, 1.82) is 0 Å². The third kappa shape index (κ3) is 3.38. The minimum atomic E-state index is -1.39. The number of carbonyl (C=O) groups excluding carboxylic acids is 3. The molecular formula is C33H22Cl2N2O3. The van der Waals surface area contributed by atoms with E-state index in [2.05, 4.69) is 5.32 Å². The molecule has 1 fully saturated rings. The van der Waals surface area contributed by atoms with Crippen LogP contribution in [0.15, 0.2) is 103 Å². The first-order chi connectivity index (χ1) is 19.4. The molecule has 5 nitrogen and oxygen atoms in total. The van der Waals surface area contributed by atoms with Crippen LogP contribution >= 0.6 is 23.2 Å². The molecule has 1 amide bonds. The van der Waals surface area contributed by atoms with Gasteiger partial charge >= 0.3 is 0 Å². The topological polar surface area (TPSA) is 66.5 Å². The fourth-order valence-corrected chi connectivity index (χ4v) is 7.14. The number of fused-ring (bicyclic) bond motifs is 6. The maximum absolute atomic E-state index is 14.7. The Balaban J connectivity index is 1.55. The summed E-state index contributed by atoms with van der Waals surface area (Å²) in [7, 11) is 0. The van der Waals surface area contributed by atoms with E-state index < -0.39 is 23.4 Å². The Labute approximate surface area is 241 Å². The molecule has 0 saturated carbocycles. The number of hydrogen-bond acceptors (Lipinski definition) is 4. The first-order valence-corrected chi connectivity index (χ1v) is 13.7. The number of benzene rings is 4. The molecule has 0 aliphatic carbocycles. The molecule has 40 heavy (non-hydrogen) atoms. The van der Waals surface area contributed by atoms with Crippen LogP contribution in [0.2, 0.25) is 10.0 Å². The van der Waals surface area contributed by atoms with E-state index in [4.69, 9.17) is 23.2 Å². The van der Waals surface area contributed by atoms with Gasteiger partial charge in [-0.1, -0.05) is 77.8 Å². The molecule has 0 unspecified atom stereocenters. The second-order valence-electron chi connectivity index (χ2n) is 10.3. The van der Waals surface area contributed by atoms with Gasteiger partial charge in [0.15, 0.2) is 11.6 Å². The van der Waals surface area contributed by atoms with Gasteiger partial charge in [0.1, 0.15) is 11.5 Å². The van der Waals surface area contributed by atoms with Gasteiger partial charge in [0.05, 0.1) is 17.0 Å². The fourth-order valence-electron chi connectivity index (χ4n) is 6.78. The van der Waals surface area contributed by atoms with E-state index in [0.29, 0.717) is 32.4 Å². The average molecular weight is 565 g/mol. The molecule has 0 aromatic heterocycles. The number of para-hydroxylation sites is 1. The van der Waals surface area contributed by atoms with Gasteiger partial charge in [-0.2, -0.15) is 0 Å². The lowest BCUT2D eigenvalue weighted by molar-refractivity contribution is -0.122. The SMILES string of the molecule is O=C(c1ccccc1Cl)[C@@H]1[C@H](C(=O)c2ccc(Cl)cc2)[C@]2(C(=O)Nc3ccccc32)[C@H]2c3ccccc3C=CN12. The van der Waals surface area contributed by atoms with Crippen molar-refractivity contribution in [1.82, 2.24) is 4.90 Å². The van der Waals surface area contributed by atoms with Crippen LogP contribution in [0.1, 0.15) is 43.4 Å². The van der Waals surface area contributed by atoms with Crippen molar-refractivity contribution in [3.05, 3.63) is 141 Å². The van der Waals surface area contributed by atoms with Gasteiger partial charge in [-0.25, -0.2) is 0 Å². The molecule has 0 bridgehead atoms. The Kier molecular flexibility index (Phi) is 5.70. The maximum atomic E-state index is 14.7. The molecule has 3 aliphatic heterocycles. The molecule has 0 radical (unpaired) electrons. The van der Waals surface area contributed by atoms with E-state index in [1.54, 1.807) is 48.5 Å². The Bertz CT molecular complexity index is 1750. The fraction of sp³-hybridized carbons (Fsp3) is 0.121. The maximum Gasteiger partial charge on any atom is 0.238 e. The summed E-state index contributed by atoms with van der Waals surface area (Å²) in [6, 6.07) is 27.0. The second kappa shape index (κ2) is 9.19. The van der Waals surface area contributed by atoms with Gasteiger partial charge in [-0.05, 0) is 65.2 Å². The molecule has 4 aromatic rings. The predicted octanol–water partition coefficient (Wildman–Crippen LogP) is 6.98. The number of amides is 1. The zero-order valence-corrected chi connectivity index (χ0v) is 22.6. The van der Waals surface area contributed by atoms with Crippen LogP contribution in [0.4, 0.5) is 5.69 Å². The number of anilines is 1. The van der Waals surface area contributed by atoms with Gasteiger partial charge in [0, 0.05) is 28.0 Å². The normalized spacial score (nSPS) is 23.9. The summed E-state index contributed by atoms with van der Waals surface area (Å²) in [5.74, 6) is -2.01. The molecule has 1 saturated heterocycles. The molecule has 7 heteroatoms. The molecule has 4 atom stereocenters. The number of hydrogen-bond donors (Lipinski definition) is 1. The lowest BCUT2D eigenvalue weighted by Gasteiger charge is -2.38. The van der Waals surface area contributed by atoms with Crippen molar-refractivity contribution in [2.45, 2.75) is 17.5 Å². The van der Waals surface area contributed by atoms with Crippen LogP contribution in [0.25, 0.3) is 6.08 Å². The van der Waals surface area contributed by atoms with Crippen LogP contribution in [0, 0.1) is 5.92 Å². The van der Waals surface area contributed by atoms with Crippen molar-refractivity contribution in [3.8, 4) is 0 Å².